The van der Waals surface area contributed by atoms with E-state index < -0.39 is 12.1 Å². The van der Waals surface area contributed by atoms with Crippen molar-refractivity contribution in [3.05, 3.63) is 11.6 Å². The SMILES string of the molecule is CC(=NNC(N)=O)[C@@H]1CC[C@@H]2[C@H]3CCC4=C/C(=N\NC(N)=O)CC[C@@]4(C)[C@@H]3CC[C@]21C. The fraction of sp³-hybridized carbons (Fsp3) is 0.739. The zero-order chi connectivity index (χ0) is 22.4. The number of carbonyl (C=O) groups is 2. The number of hydrazone groups is 2. The van der Waals surface area contributed by atoms with Gasteiger partial charge in [0.05, 0.1) is 5.71 Å². The second-order valence-electron chi connectivity index (χ2n) is 10.5. The summed E-state index contributed by atoms with van der Waals surface area (Å²) in [7, 11) is 0. The van der Waals surface area contributed by atoms with Gasteiger partial charge in [-0.15, -0.1) is 0 Å². The van der Waals surface area contributed by atoms with E-state index in [9.17, 15) is 9.59 Å². The van der Waals surface area contributed by atoms with Gasteiger partial charge in [-0.25, -0.2) is 20.4 Å². The third kappa shape index (κ3) is 3.74. The monoisotopic (exact) mass is 428 g/mol. The van der Waals surface area contributed by atoms with Crippen molar-refractivity contribution in [2.24, 2.45) is 56.2 Å². The van der Waals surface area contributed by atoms with Gasteiger partial charge in [0.15, 0.2) is 0 Å². The van der Waals surface area contributed by atoms with Crippen molar-refractivity contribution in [1.29, 1.82) is 0 Å². The minimum atomic E-state index is -0.616. The van der Waals surface area contributed by atoms with E-state index in [0.29, 0.717) is 17.8 Å². The maximum Gasteiger partial charge on any atom is 0.332 e. The molecule has 8 nitrogen and oxygen atoms in total. The Balaban J connectivity index is 1.55. The van der Waals surface area contributed by atoms with Crippen LogP contribution in [0.4, 0.5) is 9.59 Å². The number of hydrogen-bond donors (Lipinski definition) is 4. The van der Waals surface area contributed by atoms with E-state index in [-0.39, 0.29) is 10.8 Å². The number of amides is 4. The largest absolute Gasteiger partial charge is 0.350 e. The Morgan fingerprint density at radius 1 is 1.00 bits per heavy atom. The van der Waals surface area contributed by atoms with E-state index in [4.69, 9.17) is 11.5 Å². The maximum absolute atomic E-state index is 11.1. The lowest BCUT2D eigenvalue weighted by Gasteiger charge is -2.58. The molecule has 0 aromatic carbocycles. The molecule has 0 aliphatic heterocycles. The first-order valence-corrected chi connectivity index (χ1v) is 11.6. The van der Waals surface area contributed by atoms with Crippen LogP contribution in [0.15, 0.2) is 21.9 Å². The second-order valence-corrected chi connectivity index (χ2v) is 10.5. The van der Waals surface area contributed by atoms with Crippen molar-refractivity contribution in [2.45, 2.75) is 72.1 Å². The zero-order valence-electron chi connectivity index (χ0n) is 18.9. The molecule has 4 amide bonds. The van der Waals surface area contributed by atoms with Crippen LogP contribution in [0.1, 0.15) is 72.1 Å². The highest BCUT2D eigenvalue weighted by molar-refractivity contribution is 5.97. The molecule has 0 saturated heterocycles. The Kier molecular flexibility index (Phi) is 5.60. The number of urea groups is 2. The van der Waals surface area contributed by atoms with Gasteiger partial charge < -0.3 is 11.5 Å². The summed E-state index contributed by atoms with van der Waals surface area (Å²) in [5.74, 6) is 2.51. The molecule has 8 heteroatoms. The summed E-state index contributed by atoms with van der Waals surface area (Å²) < 4.78 is 0. The van der Waals surface area contributed by atoms with E-state index >= 15 is 0 Å². The van der Waals surface area contributed by atoms with Crippen LogP contribution in [-0.2, 0) is 0 Å². The average molecular weight is 429 g/mol. The highest BCUT2D eigenvalue weighted by atomic mass is 16.2. The second kappa shape index (κ2) is 7.95. The predicted molar refractivity (Wildman–Crippen MR) is 121 cm³/mol. The lowest BCUT2D eigenvalue weighted by Crippen LogP contribution is -2.51. The van der Waals surface area contributed by atoms with Gasteiger partial charge in [-0.1, -0.05) is 19.4 Å². The van der Waals surface area contributed by atoms with Crippen molar-refractivity contribution in [3.8, 4) is 0 Å². The molecule has 0 aromatic heterocycles. The predicted octanol–water partition coefficient (Wildman–Crippen LogP) is 3.63. The summed E-state index contributed by atoms with van der Waals surface area (Å²) in [6.45, 7) is 6.93. The maximum atomic E-state index is 11.1. The van der Waals surface area contributed by atoms with Crippen molar-refractivity contribution in [2.75, 3.05) is 0 Å². The van der Waals surface area contributed by atoms with Crippen LogP contribution >= 0.6 is 0 Å². The summed E-state index contributed by atoms with van der Waals surface area (Å²) in [6, 6.07) is -1.22. The highest BCUT2D eigenvalue weighted by Crippen LogP contribution is 2.66. The van der Waals surface area contributed by atoms with Crippen LogP contribution in [0.25, 0.3) is 0 Å². The number of nitrogens with one attached hydrogen (secondary N) is 2. The molecule has 0 radical (unpaired) electrons. The standard InChI is InChI=1S/C23H36N6O2/c1-13(26-28-20(24)30)17-6-7-18-16-5-4-14-12-15(27-29-21(25)31)8-10-22(14,2)19(16)9-11-23(17,18)3/h12,16-19H,4-11H2,1-3H3,(H3,24,28,30)(H3,25,29,31)/b26-13?,27-15-/t16-,17+,18-,19-,22-,23+/m1/s1. The van der Waals surface area contributed by atoms with E-state index in [1.807, 2.05) is 6.92 Å². The zero-order valence-corrected chi connectivity index (χ0v) is 18.9. The van der Waals surface area contributed by atoms with Gasteiger partial charge in [0.1, 0.15) is 0 Å². The summed E-state index contributed by atoms with van der Waals surface area (Å²) >= 11 is 0. The number of hydrogen-bond acceptors (Lipinski definition) is 4. The van der Waals surface area contributed by atoms with Crippen molar-refractivity contribution < 1.29 is 9.59 Å². The Hall–Kier alpha value is -2.38. The molecule has 0 spiro atoms. The molecular formula is C23H36N6O2. The van der Waals surface area contributed by atoms with Gasteiger partial charge in [0.25, 0.3) is 0 Å². The molecule has 4 rings (SSSR count). The van der Waals surface area contributed by atoms with E-state index in [0.717, 1.165) is 43.0 Å². The molecule has 3 saturated carbocycles. The van der Waals surface area contributed by atoms with Crippen LogP contribution < -0.4 is 22.3 Å². The van der Waals surface area contributed by atoms with Gasteiger partial charge in [0, 0.05) is 11.6 Å². The van der Waals surface area contributed by atoms with Crippen LogP contribution in [0.5, 0.6) is 0 Å². The molecule has 6 atom stereocenters. The topological polar surface area (TPSA) is 135 Å². The molecule has 0 unspecified atom stereocenters. The first-order chi connectivity index (χ1) is 14.6. The summed E-state index contributed by atoms with van der Waals surface area (Å²) in [4.78, 5) is 22.1. The summed E-state index contributed by atoms with van der Waals surface area (Å²) in [5, 5.41) is 8.49. The fourth-order valence-electron chi connectivity index (χ4n) is 7.69. The summed E-state index contributed by atoms with van der Waals surface area (Å²) in [5.41, 5.74) is 19.1. The van der Waals surface area contributed by atoms with Gasteiger partial charge in [-0.2, -0.15) is 10.2 Å². The average Bonchev–Trinajstić information content (AvgIpc) is 3.07. The first kappa shape index (κ1) is 21.8. The molecular weight excluding hydrogens is 392 g/mol. The number of primary amides is 2. The van der Waals surface area contributed by atoms with Crippen molar-refractivity contribution in [3.63, 3.8) is 0 Å². The highest BCUT2D eigenvalue weighted by Gasteiger charge is 2.59. The first-order valence-electron chi connectivity index (χ1n) is 11.6. The molecule has 0 heterocycles. The Labute approximate surface area is 184 Å². The van der Waals surface area contributed by atoms with Crippen LogP contribution in [0.2, 0.25) is 0 Å². The third-order valence-electron chi connectivity index (χ3n) is 9.13. The van der Waals surface area contributed by atoms with Gasteiger partial charge >= 0.3 is 12.1 Å². The van der Waals surface area contributed by atoms with Crippen LogP contribution in [0, 0.1) is 34.5 Å². The molecule has 4 aliphatic rings. The lowest BCUT2D eigenvalue weighted by molar-refractivity contribution is -0.0407. The number of nitrogens with two attached hydrogens (primary N) is 2. The van der Waals surface area contributed by atoms with Crippen molar-refractivity contribution >= 4 is 23.5 Å². The number of carbonyl (C=O) groups excluding carboxylic acids is 2. The van der Waals surface area contributed by atoms with Crippen molar-refractivity contribution in [1.82, 2.24) is 10.9 Å². The Bertz CT molecular complexity index is 864. The minimum absolute atomic E-state index is 0.213. The third-order valence-corrected chi connectivity index (χ3v) is 9.13. The Morgan fingerprint density at radius 3 is 2.45 bits per heavy atom. The quantitative estimate of drug-likeness (QED) is 0.403. The molecule has 31 heavy (non-hydrogen) atoms. The number of fused-ring (bicyclic) bond motifs is 5. The molecule has 4 aliphatic carbocycles. The minimum Gasteiger partial charge on any atom is -0.350 e. The number of allylic oxidation sites excluding steroid dienone is 2. The van der Waals surface area contributed by atoms with E-state index in [1.54, 1.807) is 0 Å². The molecule has 0 bridgehead atoms. The Morgan fingerprint density at radius 2 is 1.74 bits per heavy atom. The molecule has 170 valence electrons. The number of rotatable bonds is 3. The van der Waals surface area contributed by atoms with Gasteiger partial charge in [-0.3, -0.25) is 0 Å². The lowest BCUT2D eigenvalue weighted by atomic mass is 9.46. The smallest absolute Gasteiger partial charge is 0.332 e. The number of nitrogens with zero attached hydrogens (tertiary/aromatic N) is 2. The normalized spacial score (nSPS) is 40.9. The van der Waals surface area contributed by atoms with Gasteiger partial charge in [0.2, 0.25) is 0 Å². The van der Waals surface area contributed by atoms with E-state index in [1.165, 1.54) is 31.3 Å². The molecule has 3 fully saturated rings. The molecule has 0 aromatic rings. The van der Waals surface area contributed by atoms with E-state index in [2.05, 4.69) is 41.0 Å². The van der Waals surface area contributed by atoms with Crippen LogP contribution in [0.3, 0.4) is 0 Å². The summed E-state index contributed by atoms with van der Waals surface area (Å²) in [6.07, 6.45) is 11.3. The van der Waals surface area contributed by atoms with Crippen LogP contribution in [-0.4, -0.2) is 23.5 Å². The van der Waals surface area contributed by atoms with Gasteiger partial charge in [-0.05, 0) is 93.0 Å². The fourth-order valence-corrected chi connectivity index (χ4v) is 7.69. The molecule has 6 N–H and O–H groups in total.